The number of nitrogens with one attached hydrogen (secondary N) is 1. The molecule has 0 aromatic heterocycles. The van der Waals surface area contributed by atoms with Gasteiger partial charge in [0.2, 0.25) is 13.8 Å². The lowest BCUT2D eigenvalue weighted by atomic mass is 10.2. The molecule has 0 amide bonds. The minimum atomic E-state index is -3.85. The zero-order valence-electron chi connectivity index (χ0n) is 10.6. The normalized spacial score (nSPS) is 14.0. The number of halogens is 3. The second kappa shape index (κ2) is 7.11. The Balaban J connectivity index is 2.96. The number of ether oxygens (including phenoxy) is 1. The first-order valence-electron chi connectivity index (χ1n) is 5.55. The summed E-state index contributed by atoms with van der Waals surface area (Å²) in [6, 6.07) is 6.26. The molecule has 0 aliphatic heterocycles. The van der Waals surface area contributed by atoms with Crippen LogP contribution in [0.2, 0.25) is 0 Å². The Morgan fingerprint density at radius 2 is 1.90 bits per heavy atom. The van der Waals surface area contributed by atoms with E-state index < -0.39 is 20.0 Å². The van der Waals surface area contributed by atoms with E-state index in [0.29, 0.717) is 0 Å². The van der Waals surface area contributed by atoms with Gasteiger partial charge in [-0.15, -0.1) is 6.58 Å². The van der Waals surface area contributed by atoms with Crippen molar-refractivity contribution >= 4 is 44.8 Å². The molecule has 0 spiro atoms. The largest absolute Gasteiger partial charge is 0.354 e. The summed E-state index contributed by atoms with van der Waals surface area (Å²) in [6.45, 7) is 5.33. The average molecular weight is 359 g/mol. The highest BCUT2D eigenvalue weighted by Gasteiger charge is 2.37. The summed E-state index contributed by atoms with van der Waals surface area (Å²) in [4.78, 5) is 0.0598. The maximum absolute atomic E-state index is 12.2. The Bertz CT molecular complexity index is 552. The van der Waals surface area contributed by atoms with Crippen molar-refractivity contribution in [2.45, 2.75) is 21.8 Å². The van der Waals surface area contributed by atoms with Gasteiger partial charge in [0.25, 0.3) is 0 Å². The molecule has 4 nitrogen and oxygen atoms in total. The number of rotatable bonds is 6. The Labute approximate surface area is 133 Å². The minimum Gasteiger partial charge on any atom is -0.354 e. The van der Waals surface area contributed by atoms with Crippen LogP contribution < -0.4 is 4.72 Å². The summed E-state index contributed by atoms with van der Waals surface area (Å²) < 4.78 is 29.7. The summed E-state index contributed by atoms with van der Waals surface area (Å²) in [6.07, 6.45) is 0.0978. The van der Waals surface area contributed by atoms with Crippen LogP contribution in [0.15, 0.2) is 41.8 Å². The van der Waals surface area contributed by atoms with E-state index in [1.165, 1.54) is 18.2 Å². The van der Waals surface area contributed by atoms with Crippen LogP contribution in [0.5, 0.6) is 0 Å². The second-order valence-electron chi connectivity index (χ2n) is 3.98. The number of sulfonamides is 1. The minimum absolute atomic E-state index is 0.0367. The third-order valence-corrected chi connectivity index (χ3v) is 4.28. The molecule has 20 heavy (non-hydrogen) atoms. The Morgan fingerprint density at radius 1 is 1.35 bits per heavy atom. The van der Waals surface area contributed by atoms with Crippen LogP contribution in [0.4, 0.5) is 0 Å². The fraction of sp³-hybridized carbons (Fsp3) is 0.333. The summed E-state index contributed by atoms with van der Waals surface area (Å²) in [7, 11) is -3.85. The van der Waals surface area contributed by atoms with Gasteiger partial charge < -0.3 is 4.74 Å². The van der Waals surface area contributed by atoms with Crippen LogP contribution in [-0.2, 0) is 14.8 Å². The van der Waals surface area contributed by atoms with Crippen LogP contribution >= 0.6 is 34.8 Å². The third kappa shape index (κ3) is 5.24. The van der Waals surface area contributed by atoms with E-state index in [2.05, 4.69) is 11.3 Å². The highest BCUT2D eigenvalue weighted by molar-refractivity contribution is 7.89. The monoisotopic (exact) mass is 357 g/mol. The van der Waals surface area contributed by atoms with Crippen molar-refractivity contribution in [1.29, 1.82) is 0 Å². The topological polar surface area (TPSA) is 55.4 Å². The lowest BCUT2D eigenvalue weighted by Crippen LogP contribution is -2.45. The molecule has 0 bridgehead atoms. The number of hydrogen-bond acceptors (Lipinski definition) is 3. The predicted molar refractivity (Wildman–Crippen MR) is 81.7 cm³/mol. The molecule has 0 saturated carbocycles. The van der Waals surface area contributed by atoms with Gasteiger partial charge in [-0.2, -0.15) is 4.72 Å². The van der Waals surface area contributed by atoms with Gasteiger partial charge in [-0.1, -0.05) is 58.6 Å². The van der Waals surface area contributed by atoms with Crippen LogP contribution in [0.3, 0.4) is 0 Å². The van der Waals surface area contributed by atoms with E-state index in [4.69, 9.17) is 39.5 Å². The zero-order chi connectivity index (χ0) is 15.4. The smallest absolute Gasteiger partial charge is 0.242 e. The van der Waals surface area contributed by atoms with Crippen molar-refractivity contribution in [2.24, 2.45) is 0 Å². The maximum atomic E-state index is 12.2. The molecule has 1 unspecified atom stereocenters. The van der Waals surface area contributed by atoms with Crippen LogP contribution in [0.1, 0.15) is 5.56 Å². The highest BCUT2D eigenvalue weighted by atomic mass is 35.6. The van der Waals surface area contributed by atoms with Crippen molar-refractivity contribution in [3.63, 3.8) is 0 Å². The van der Waals surface area contributed by atoms with E-state index in [1.807, 2.05) is 6.92 Å². The van der Waals surface area contributed by atoms with Crippen molar-refractivity contribution in [3.8, 4) is 0 Å². The molecule has 112 valence electrons. The van der Waals surface area contributed by atoms with Crippen LogP contribution in [0, 0.1) is 6.92 Å². The van der Waals surface area contributed by atoms with Crippen molar-refractivity contribution in [2.75, 3.05) is 6.61 Å². The second-order valence-corrected chi connectivity index (χ2v) is 8.06. The summed E-state index contributed by atoms with van der Waals surface area (Å²) >= 11 is 17.1. The lowest BCUT2D eigenvalue weighted by molar-refractivity contribution is 0.0692. The molecule has 1 rings (SSSR count). The average Bonchev–Trinajstić information content (AvgIpc) is 2.33. The first-order valence-corrected chi connectivity index (χ1v) is 8.17. The molecule has 1 aromatic carbocycles. The van der Waals surface area contributed by atoms with Crippen LogP contribution in [0.25, 0.3) is 0 Å². The van der Waals surface area contributed by atoms with Gasteiger partial charge in [0, 0.05) is 0 Å². The molecule has 8 heteroatoms. The molecule has 0 radical (unpaired) electrons. The number of benzene rings is 1. The number of aryl methyl sites for hydroxylation is 1. The van der Waals surface area contributed by atoms with Gasteiger partial charge >= 0.3 is 0 Å². The summed E-state index contributed by atoms with van der Waals surface area (Å²) in [5.74, 6) is 0. The molecule has 0 saturated heterocycles. The van der Waals surface area contributed by atoms with Crippen molar-refractivity contribution in [3.05, 3.63) is 42.5 Å². The standard InChI is InChI=1S/C12H14Cl3NO3S/c1-3-8-19-11(12(13,14)15)16-20(17,18)10-6-4-9(2)5-7-10/h3-7,11,16H,1,8H2,2H3. The molecular weight excluding hydrogens is 345 g/mol. The Kier molecular flexibility index (Phi) is 6.31. The Morgan fingerprint density at radius 3 is 2.35 bits per heavy atom. The van der Waals surface area contributed by atoms with Gasteiger partial charge in [0.15, 0.2) is 6.23 Å². The molecule has 1 N–H and O–H groups in total. The molecular formula is C12H14Cl3NO3S. The van der Waals surface area contributed by atoms with Crippen LogP contribution in [-0.4, -0.2) is 25.0 Å². The number of hydrogen-bond donors (Lipinski definition) is 1. The fourth-order valence-electron chi connectivity index (χ4n) is 1.29. The SMILES string of the molecule is C=CCOC(NS(=O)(=O)c1ccc(C)cc1)C(Cl)(Cl)Cl. The van der Waals surface area contributed by atoms with Gasteiger partial charge in [-0.3, -0.25) is 0 Å². The summed E-state index contributed by atoms with van der Waals surface area (Å²) in [5.41, 5.74) is 0.935. The molecule has 0 heterocycles. The van der Waals surface area contributed by atoms with Gasteiger partial charge in [0.05, 0.1) is 11.5 Å². The number of alkyl halides is 3. The predicted octanol–water partition coefficient (Wildman–Crippen LogP) is 3.17. The zero-order valence-corrected chi connectivity index (χ0v) is 13.7. The Hall–Kier alpha value is -0.300. The maximum Gasteiger partial charge on any atom is 0.242 e. The van der Waals surface area contributed by atoms with E-state index in [0.717, 1.165) is 5.56 Å². The molecule has 0 fully saturated rings. The van der Waals surface area contributed by atoms with E-state index in [1.54, 1.807) is 12.1 Å². The highest BCUT2D eigenvalue weighted by Crippen LogP contribution is 2.31. The molecule has 0 aliphatic rings. The molecule has 1 atom stereocenters. The van der Waals surface area contributed by atoms with Gasteiger partial charge in [-0.05, 0) is 19.1 Å². The van der Waals surface area contributed by atoms with Crippen molar-refractivity contribution < 1.29 is 13.2 Å². The first-order chi connectivity index (χ1) is 9.16. The lowest BCUT2D eigenvalue weighted by Gasteiger charge is -2.25. The van der Waals surface area contributed by atoms with Gasteiger partial charge in [0.1, 0.15) is 0 Å². The molecule has 0 aliphatic carbocycles. The van der Waals surface area contributed by atoms with E-state index >= 15 is 0 Å². The first kappa shape index (κ1) is 17.8. The molecule has 1 aromatic rings. The van der Waals surface area contributed by atoms with E-state index in [-0.39, 0.29) is 11.5 Å². The third-order valence-electron chi connectivity index (χ3n) is 2.27. The quantitative estimate of drug-likeness (QED) is 0.483. The fourth-order valence-corrected chi connectivity index (χ4v) is 2.99. The summed E-state index contributed by atoms with van der Waals surface area (Å²) in [5, 5.41) is 0. The van der Waals surface area contributed by atoms with Gasteiger partial charge in [-0.25, -0.2) is 8.42 Å². The van der Waals surface area contributed by atoms with Crippen molar-refractivity contribution in [1.82, 2.24) is 4.72 Å². The van der Waals surface area contributed by atoms with E-state index in [9.17, 15) is 8.42 Å².